The Hall–Kier alpha value is -1.17. The summed E-state index contributed by atoms with van der Waals surface area (Å²) >= 11 is 0. The van der Waals surface area contributed by atoms with E-state index in [0.29, 0.717) is 6.42 Å². The summed E-state index contributed by atoms with van der Waals surface area (Å²) in [5, 5.41) is 33.3. The predicted molar refractivity (Wildman–Crippen MR) is 259 cm³/mol. The lowest BCUT2D eigenvalue weighted by Crippen LogP contribution is -2.48. The Kier molecular flexibility index (Phi) is 48.5. The van der Waals surface area contributed by atoms with E-state index in [-0.39, 0.29) is 6.61 Å². The van der Waals surface area contributed by atoms with Crippen LogP contribution in [0.3, 0.4) is 0 Å². The molecule has 0 aliphatic carbocycles. The van der Waals surface area contributed by atoms with Gasteiger partial charge < -0.3 is 20.6 Å². The third kappa shape index (κ3) is 44.7. The number of unbranched alkanes of at least 4 members (excludes halogenated alkanes) is 39. The molecule has 0 radical (unpaired) electrons. The largest absolute Gasteiger partial charge is 0.394 e. The fourth-order valence-corrected chi connectivity index (χ4v) is 8.36. The van der Waals surface area contributed by atoms with Gasteiger partial charge in [0.05, 0.1) is 18.8 Å². The molecule has 0 fully saturated rings. The van der Waals surface area contributed by atoms with Gasteiger partial charge in [0.2, 0.25) is 5.91 Å². The molecular weight excluding hydrogens is 727 g/mol. The van der Waals surface area contributed by atoms with E-state index < -0.39 is 24.2 Å². The van der Waals surface area contributed by atoms with Gasteiger partial charge >= 0.3 is 0 Å². The van der Waals surface area contributed by atoms with Crippen molar-refractivity contribution in [3.63, 3.8) is 0 Å². The molecule has 4 N–H and O–H groups in total. The van der Waals surface area contributed by atoms with Crippen molar-refractivity contribution < 1.29 is 20.1 Å². The summed E-state index contributed by atoms with van der Waals surface area (Å²) in [4.78, 5) is 12.5. The first-order valence-electron chi connectivity index (χ1n) is 26.7. The first-order valence-corrected chi connectivity index (χ1v) is 26.7. The Morgan fingerprint density at radius 2 is 0.678 bits per heavy atom. The van der Waals surface area contributed by atoms with Crippen molar-refractivity contribution in [1.29, 1.82) is 0 Å². The maximum Gasteiger partial charge on any atom is 0.249 e. The molecule has 5 heteroatoms. The predicted octanol–water partition coefficient (Wildman–Crippen LogP) is 16.1. The highest BCUT2D eigenvalue weighted by Crippen LogP contribution is 2.17. The molecule has 0 spiro atoms. The number of aliphatic hydroxyl groups excluding tert-OH is 3. The van der Waals surface area contributed by atoms with E-state index in [1.807, 2.05) is 6.08 Å². The molecule has 350 valence electrons. The molecule has 0 rings (SSSR count). The van der Waals surface area contributed by atoms with E-state index in [0.717, 1.165) is 32.1 Å². The molecule has 5 nitrogen and oxygen atoms in total. The molecule has 0 aromatic rings. The number of amides is 1. The van der Waals surface area contributed by atoms with Crippen LogP contribution in [0, 0.1) is 0 Å². The van der Waals surface area contributed by atoms with Crippen LogP contribution in [0.1, 0.15) is 290 Å². The van der Waals surface area contributed by atoms with Gasteiger partial charge in [0.15, 0.2) is 0 Å². The Morgan fingerprint density at radius 1 is 0.407 bits per heavy atom. The lowest BCUT2D eigenvalue weighted by Gasteiger charge is -2.21. The summed E-state index contributed by atoms with van der Waals surface area (Å²) in [5.74, 6) is -0.504. The maximum absolute atomic E-state index is 12.5. The van der Waals surface area contributed by atoms with Crippen molar-refractivity contribution in [3.05, 3.63) is 24.3 Å². The average molecular weight is 832 g/mol. The standard InChI is InChI=1S/C54H105NO4/c1-3-5-7-9-11-13-15-17-19-21-23-25-26-27-28-29-31-32-34-36-38-40-42-44-46-48-52(57)51(50-56)55-54(59)53(58)49-47-45-43-41-39-37-35-33-30-24-22-20-18-16-14-12-10-8-6-4-2/h30,33,46,48,51-53,56-58H,3-29,31-32,34-45,47,49-50H2,1-2H3,(H,55,59)/b33-30-,48-46+. The molecule has 0 aliphatic rings. The number of nitrogens with one attached hydrogen (secondary N) is 1. The molecular formula is C54H105NO4. The van der Waals surface area contributed by atoms with E-state index in [4.69, 9.17) is 0 Å². The molecule has 0 saturated carbocycles. The third-order valence-corrected chi connectivity index (χ3v) is 12.5. The van der Waals surface area contributed by atoms with Crippen molar-refractivity contribution in [2.45, 2.75) is 308 Å². The van der Waals surface area contributed by atoms with E-state index in [1.54, 1.807) is 6.08 Å². The topological polar surface area (TPSA) is 89.8 Å². The monoisotopic (exact) mass is 832 g/mol. The number of hydrogen-bond acceptors (Lipinski definition) is 4. The lowest BCUT2D eigenvalue weighted by atomic mass is 10.0. The first kappa shape index (κ1) is 57.8. The van der Waals surface area contributed by atoms with Crippen LogP contribution in [0.4, 0.5) is 0 Å². The SMILES string of the molecule is CCCCCCCCCCCC/C=C\CCCCCCCCC(O)C(=O)NC(CO)C(O)/C=C/CCCCCCCCCCCCCCCCCCCCCCCCC. The lowest BCUT2D eigenvalue weighted by molar-refractivity contribution is -0.131. The van der Waals surface area contributed by atoms with Crippen molar-refractivity contribution >= 4 is 5.91 Å². The summed E-state index contributed by atoms with van der Waals surface area (Å²) in [6.07, 6.45) is 62.4. The molecule has 0 bridgehead atoms. The van der Waals surface area contributed by atoms with Crippen LogP contribution >= 0.6 is 0 Å². The zero-order valence-corrected chi connectivity index (χ0v) is 39.9. The van der Waals surface area contributed by atoms with Crippen molar-refractivity contribution in [1.82, 2.24) is 5.32 Å². The van der Waals surface area contributed by atoms with Crippen molar-refractivity contribution in [3.8, 4) is 0 Å². The fourth-order valence-electron chi connectivity index (χ4n) is 8.36. The second-order valence-corrected chi connectivity index (χ2v) is 18.4. The van der Waals surface area contributed by atoms with Gasteiger partial charge in [-0.05, 0) is 44.9 Å². The molecule has 0 aromatic heterocycles. The van der Waals surface area contributed by atoms with Gasteiger partial charge in [0.1, 0.15) is 6.10 Å². The first-order chi connectivity index (χ1) is 29.1. The summed E-state index contributed by atoms with van der Waals surface area (Å²) in [6, 6.07) is -0.799. The summed E-state index contributed by atoms with van der Waals surface area (Å²) in [7, 11) is 0. The molecule has 0 aliphatic heterocycles. The Labute approximate surface area is 369 Å². The minimum atomic E-state index is -1.10. The van der Waals surface area contributed by atoms with Gasteiger partial charge in [-0.2, -0.15) is 0 Å². The van der Waals surface area contributed by atoms with E-state index in [9.17, 15) is 20.1 Å². The molecule has 0 saturated heterocycles. The van der Waals surface area contributed by atoms with Crippen LogP contribution in [0.15, 0.2) is 24.3 Å². The number of aliphatic hydroxyl groups is 3. The van der Waals surface area contributed by atoms with E-state index in [1.165, 1.54) is 238 Å². The molecule has 3 atom stereocenters. The average Bonchev–Trinajstić information content (AvgIpc) is 3.24. The third-order valence-electron chi connectivity index (χ3n) is 12.5. The normalized spacial score (nSPS) is 13.5. The van der Waals surface area contributed by atoms with Crippen LogP contribution in [0.2, 0.25) is 0 Å². The molecule has 1 amide bonds. The highest BCUT2D eigenvalue weighted by atomic mass is 16.3. The number of allylic oxidation sites excluding steroid dienone is 3. The van der Waals surface area contributed by atoms with Gasteiger partial charge in [-0.3, -0.25) is 4.79 Å². The Balaban J connectivity index is 3.59. The highest BCUT2D eigenvalue weighted by Gasteiger charge is 2.22. The maximum atomic E-state index is 12.5. The molecule has 3 unspecified atom stereocenters. The Morgan fingerprint density at radius 3 is 0.983 bits per heavy atom. The van der Waals surface area contributed by atoms with Crippen LogP contribution < -0.4 is 5.32 Å². The minimum absolute atomic E-state index is 0.363. The smallest absolute Gasteiger partial charge is 0.249 e. The molecule has 0 heterocycles. The molecule has 0 aromatic carbocycles. The van der Waals surface area contributed by atoms with E-state index >= 15 is 0 Å². The van der Waals surface area contributed by atoms with Crippen LogP contribution in [-0.2, 0) is 4.79 Å². The summed E-state index contributed by atoms with van der Waals surface area (Å²) in [6.45, 7) is 4.21. The van der Waals surface area contributed by atoms with Gasteiger partial charge in [-0.1, -0.05) is 269 Å². The molecule has 59 heavy (non-hydrogen) atoms. The summed E-state index contributed by atoms with van der Waals surface area (Å²) < 4.78 is 0. The van der Waals surface area contributed by atoms with Crippen LogP contribution in [0.25, 0.3) is 0 Å². The van der Waals surface area contributed by atoms with Crippen LogP contribution in [-0.4, -0.2) is 46.1 Å². The van der Waals surface area contributed by atoms with Crippen molar-refractivity contribution in [2.24, 2.45) is 0 Å². The van der Waals surface area contributed by atoms with Gasteiger partial charge in [0.25, 0.3) is 0 Å². The number of hydrogen-bond donors (Lipinski definition) is 4. The van der Waals surface area contributed by atoms with Crippen LogP contribution in [0.5, 0.6) is 0 Å². The van der Waals surface area contributed by atoms with Gasteiger partial charge in [0, 0.05) is 0 Å². The second kappa shape index (κ2) is 49.5. The van der Waals surface area contributed by atoms with E-state index in [2.05, 4.69) is 31.3 Å². The number of carbonyl (C=O) groups is 1. The highest BCUT2D eigenvalue weighted by molar-refractivity contribution is 5.80. The zero-order valence-electron chi connectivity index (χ0n) is 39.9. The number of rotatable bonds is 49. The van der Waals surface area contributed by atoms with Gasteiger partial charge in [-0.25, -0.2) is 0 Å². The summed E-state index contributed by atoms with van der Waals surface area (Å²) in [5.41, 5.74) is 0. The second-order valence-electron chi connectivity index (χ2n) is 18.4. The Bertz CT molecular complexity index is 874. The quantitative estimate of drug-likeness (QED) is 0.0363. The zero-order chi connectivity index (χ0) is 43.0. The number of carbonyl (C=O) groups excluding carboxylic acids is 1. The minimum Gasteiger partial charge on any atom is -0.394 e. The van der Waals surface area contributed by atoms with Gasteiger partial charge in [-0.15, -0.1) is 0 Å². The fraction of sp³-hybridized carbons (Fsp3) is 0.907. The van der Waals surface area contributed by atoms with Crippen molar-refractivity contribution in [2.75, 3.05) is 6.61 Å².